The van der Waals surface area contributed by atoms with Crippen molar-refractivity contribution in [2.45, 2.75) is 32.6 Å². The molecule has 0 bridgehead atoms. The van der Waals surface area contributed by atoms with Crippen LogP contribution in [0.2, 0.25) is 0 Å². The molecule has 2 aromatic rings. The van der Waals surface area contributed by atoms with Crippen molar-refractivity contribution in [1.82, 2.24) is 0 Å². The molecule has 0 aliphatic heterocycles. The summed E-state index contributed by atoms with van der Waals surface area (Å²) in [6.45, 7) is 2.35. The smallest absolute Gasteiger partial charge is 0.344 e. The minimum absolute atomic E-state index is 0.00921. The molecule has 0 heterocycles. The standard InChI is InChI=1S/C22H25NO9/c1-15-5-6-19-12-17(7-8-18(19)11-15)16(2)22(26)31-14-21(25)30-13-20(24)29-9-3-4-10-32-23(27)28/h5-8,11-12,16H,3-4,9-10,13-14H2,1-2H3. The SMILES string of the molecule is Cc1ccc2cc(C(C)C(=O)OCC(=O)OCC(=O)OCCCCO[N+](=O)[O-])ccc2c1. The van der Waals surface area contributed by atoms with Crippen molar-refractivity contribution in [3.63, 3.8) is 0 Å². The first-order valence-electron chi connectivity index (χ1n) is 10.0. The topological polar surface area (TPSA) is 131 Å². The van der Waals surface area contributed by atoms with Gasteiger partial charge in [0.1, 0.15) is 0 Å². The van der Waals surface area contributed by atoms with Crippen LogP contribution in [0.15, 0.2) is 36.4 Å². The Labute approximate surface area is 184 Å². The number of benzene rings is 2. The van der Waals surface area contributed by atoms with Crippen LogP contribution in [0.1, 0.15) is 36.8 Å². The quantitative estimate of drug-likeness (QED) is 0.158. The van der Waals surface area contributed by atoms with Crippen molar-refractivity contribution < 1.29 is 38.5 Å². The number of hydrogen-bond donors (Lipinski definition) is 0. The highest BCUT2D eigenvalue weighted by Gasteiger charge is 2.19. The third-order valence-electron chi connectivity index (χ3n) is 4.56. The Balaban J connectivity index is 1.67. The molecule has 0 radical (unpaired) electrons. The Hall–Kier alpha value is -3.69. The zero-order valence-corrected chi connectivity index (χ0v) is 17.9. The summed E-state index contributed by atoms with van der Waals surface area (Å²) < 4.78 is 14.5. The van der Waals surface area contributed by atoms with E-state index in [2.05, 4.69) is 4.84 Å². The maximum Gasteiger partial charge on any atom is 0.344 e. The second-order valence-electron chi connectivity index (χ2n) is 7.08. The van der Waals surface area contributed by atoms with E-state index in [1.807, 2.05) is 43.3 Å². The first-order valence-corrected chi connectivity index (χ1v) is 10.0. The Bertz CT molecular complexity index is 973. The summed E-state index contributed by atoms with van der Waals surface area (Å²) in [4.78, 5) is 49.6. The van der Waals surface area contributed by atoms with Gasteiger partial charge in [-0.2, -0.15) is 0 Å². The predicted octanol–water partition coefficient (Wildman–Crippen LogP) is 2.87. The number of nitrogens with zero attached hydrogens (tertiary/aromatic N) is 1. The van der Waals surface area contributed by atoms with Crippen LogP contribution in [0.5, 0.6) is 0 Å². The molecule has 0 amide bonds. The summed E-state index contributed by atoms with van der Waals surface area (Å²) in [5.41, 5.74) is 1.90. The molecular formula is C22H25NO9. The number of hydrogen-bond acceptors (Lipinski definition) is 9. The summed E-state index contributed by atoms with van der Waals surface area (Å²) in [6.07, 6.45) is 0.691. The van der Waals surface area contributed by atoms with Gasteiger partial charge in [0.25, 0.3) is 5.09 Å². The highest BCUT2D eigenvalue weighted by molar-refractivity contribution is 5.87. The van der Waals surface area contributed by atoms with Gasteiger partial charge in [-0.25, -0.2) is 9.59 Å². The normalized spacial score (nSPS) is 11.4. The van der Waals surface area contributed by atoms with Gasteiger partial charge < -0.3 is 19.0 Å². The van der Waals surface area contributed by atoms with Crippen LogP contribution in [0.25, 0.3) is 10.8 Å². The minimum atomic E-state index is -0.901. The van der Waals surface area contributed by atoms with Crippen molar-refractivity contribution >= 4 is 28.7 Å². The van der Waals surface area contributed by atoms with Crippen LogP contribution in [-0.2, 0) is 33.4 Å². The van der Waals surface area contributed by atoms with E-state index in [9.17, 15) is 24.5 Å². The van der Waals surface area contributed by atoms with E-state index >= 15 is 0 Å². The van der Waals surface area contributed by atoms with Gasteiger partial charge in [0, 0.05) is 0 Å². The largest absolute Gasteiger partial charge is 0.463 e. The van der Waals surface area contributed by atoms with Crippen LogP contribution >= 0.6 is 0 Å². The van der Waals surface area contributed by atoms with Gasteiger partial charge in [-0.3, -0.25) is 4.79 Å². The number of unbranched alkanes of at least 4 members (excludes halogenated alkanes) is 1. The third kappa shape index (κ3) is 8.21. The molecule has 2 aromatic carbocycles. The molecular weight excluding hydrogens is 422 g/mol. The van der Waals surface area contributed by atoms with Gasteiger partial charge in [0.15, 0.2) is 13.2 Å². The molecule has 0 saturated heterocycles. The molecule has 0 spiro atoms. The number of aryl methyl sites for hydroxylation is 1. The minimum Gasteiger partial charge on any atom is -0.463 e. The van der Waals surface area contributed by atoms with E-state index in [0.717, 1.165) is 21.9 Å². The van der Waals surface area contributed by atoms with Gasteiger partial charge in [-0.05, 0) is 43.0 Å². The van der Waals surface area contributed by atoms with E-state index in [1.54, 1.807) is 6.92 Å². The maximum absolute atomic E-state index is 12.3. The van der Waals surface area contributed by atoms with Crippen LogP contribution < -0.4 is 0 Å². The molecule has 0 fully saturated rings. The van der Waals surface area contributed by atoms with Crippen LogP contribution in [0.3, 0.4) is 0 Å². The van der Waals surface area contributed by atoms with Crippen molar-refractivity contribution in [2.24, 2.45) is 0 Å². The number of esters is 3. The van der Waals surface area contributed by atoms with Gasteiger partial charge in [0.2, 0.25) is 0 Å². The predicted molar refractivity (Wildman–Crippen MR) is 112 cm³/mol. The molecule has 2 rings (SSSR count). The number of carbonyl (C=O) groups excluding carboxylic acids is 3. The molecule has 0 aromatic heterocycles. The summed E-state index contributed by atoms with van der Waals surface area (Å²) in [5, 5.41) is 11.1. The fraction of sp³-hybridized carbons (Fsp3) is 0.409. The molecule has 0 N–H and O–H groups in total. The molecule has 32 heavy (non-hydrogen) atoms. The fourth-order valence-electron chi connectivity index (χ4n) is 2.80. The zero-order chi connectivity index (χ0) is 23.5. The van der Waals surface area contributed by atoms with E-state index in [4.69, 9.17) is 14.2 Å². The molecule has 10 nitrogen and oxygen atoms in total. The molecule has 0 aliphatic rings. The van der Waals surface area contributed by atoms with Crippen LogP contribution in [0.4, 0.5) is 0 Å². The Morgan fingerprint density at radius 3 is 2.28 bits per heavy atom. The van der Waals surface area contributed by atoms with Crippen molar-refractivity contribution in [3.8, 4) is 0 Å². The average molecular weight is 447 g/mol. The fourth-order valence-corrected chi connectivity index (χ4v) is 2.80. The number of fused-ring (bicyclic) bond motifs is 1. The van der Waals surface area contributed by atoms with Gasteiger partial charge in [-0.1, -0.05) is 42.0 Å². The van der Waals surface area contributed by atoms with Gasteiger partial charge in [-0.15, -0.1) is 10.1 Å². The van der Waals surface area contributed by atoms with E-state index < -0.39 is 42.1 Å². The lowest BCUT2D eigenvalue weighted by Gasteiger charge is -2.13. The Morgan fingerprint density at radius 1 is 0.906 bits per heavy atom. The second-order valence-corrected chi connectivity index (χ2v) is 7.08. The first-order chi connectivity index (χ1) is 15.3. The maximum atomic E-state index is 12.3. The number of carbonyl (C=O) groups is 3. The number of rotatable bonds is 12. The Morgan fingerprint density at radius 2 is 1.53 bits per heavy atom. The monoisotopic (exact) mass is 447 g/mol. The summed E-state index contributed by atoms with van der Waals surface area (Å²) in [7, 11) is 0. The number of ether oxygens (including phenoxy) is 3. The van der Waals surface area contributed by atoms with Crippen molar-refractivity contribution in [2.75, 3.05) is 26.4 Å². The lowest BCUT2D eigenvalue weighted by atomic mass is 9.97. The first kappa shape index (κ1) is 24.6. The molecule has 172 valence electrons. The molecule has 1 atom stereocenters. The van der Waals surface area contributed by atoms with Gasteiger partial charge >= 0.3 is 17.9 Å². The second kappa shape index (κ2) is 12.2. The highest BCUT2D eigenvalue weighted by atomic mass is 16.9. The summed E-state index contributed by atoms with van der Waals surface area (Å²) in [6, 6.07) is 11.7. The van der Waals surface area contributed by atoms with E-state index in [1.165, 1.54) is 0 Å². The highest BCUT2D eigenvalue weighted by Crippen LogP contribution is 2.23. The van der Waals surface area contributed by atoms with Gasteiger partial charge in [0.05, 0.1) is 19.1 Å². The molecule has 1 unspecified atom stereocenters. The molecule has 0 aliphatic carbocycles. The molecule has 0 saturated carbocycles. The van der Waals surface area contributed by atoms with E-state index in [-0.39, 0.29) is 13.2 Å². The third-order valence-corrected chi connectivity index (χ3v) is 4.56. The lowest BCUT2D eigenvalue weighted by Crippen LogP contribution is -2.23. The summed E-state index contributed by atoms with van der Waals surface area (Å²) in [5.74, 6) is -2.83. The summed E-state index contributed by atoms with van der Waals surface area (Å²) >= 11 is 0. The van der Waals surface area contributed by atoms with Crippen LogP contribution in [-0.4, -0.2) is 49.4 Å². The van der Waals surface area contributed by atoms with Crippen molar-refractivity contribution in [1.29, 1.82) is 0 Å². The average Bonchev–Trinajstić information content (AvgIpc) is 2.77. The lowest BCUT2D eigenvalue weighted by molar-refractivity contribution is -0.757. The van der Waals surface area contributed by atoms with Crippen LogP contribution in [0, 0.1) is 17.0 Å². The molecule has 10 heteroatoms. The van der Waals surface area contributed by atoms with E-state index in [0.29, 0.717) is 12.8 Å². The Kier molecular flexibility index (Phi) is 9.40. The van der Waals surface area contributed by atoms with Crippen molar-refractivity contribution in [3.05, 3.63) is 57.6 Å². The zero-order valence-electron chi connectivity index (χ0n) is 17.9.